The van der Waals surface area contributed by atoms with E-state index in [2.05, 4.69) is 5.10 Å². The standard InChI is InChI=1S/C17H19FN2O5S/c1-4-26(23,24)10-5-6-11(12(18)7-10)14-13(16(21)22)15-20(19-14)8-17(2,3)9-25-15/h5-7H,4,8-9H2,1-3H3,(H,21,22). The number of sulfone groups is 1. The van der Waals surface area contributed by atoms with Crippen LogP contribution >= 0.6 is 0 Å². The number of fused-ring (bicyclic) bond motifs is 1. The third kappa shape index (κ3) is 3.07. The third-order valence-electron chi connectivity index (χ3n) is 4.23. The molecule has 0 bridgehead atoms. The van der Waals surface area contributed by atoms with E-state index in [1.807, 2.05) is 13.8 Å². The lowest BCUT2D eigenvalue weighted by atomic mass is 9.94. The van der Waals surface area contributed by atoms with E-state index in [1.54, 1.807) is 0 Å². The summed E-state index contributed by atoms with van der Waals surface area (Å²) in [6, 6.07) is 3.39. The van der Waals surface area contributed by atoms with Crippen LogP contribution in [0.4, 0.5) is 4.39 Å². The predicted octanol–water partition coefficient (Wildman–Crippen LogP) is 2.60. The molecule has 0 radical (unpaired) electrons. The van der Waals surface area contributed by atoms with E-state index in [0.29, 0.717) is 13.2 Å². The Hall–Kier alpha value is -2.42. The van der Waals surface area contributed by atoms with Crippen LogP contribution in [0, 0.1) is 11.2 Å². The molecule has 26 heavy (non-hydrogen) atoms. The van der Waals surface area contributed by atoms with Gasteiger partial charge >= 0.3 is 5.97 Å². The first-order chi connectivity index (χ1) is 12.1. The Kier molecular flexibility index (Phi) is 4.30. The van der Waals surface area contributed by atoms with E-state index in [0.717, 1.165) is 6.07 Å². The molecule has 0 spiro atoms. The topological polar surface area (TPSA) is 98.5 Å². The van der Waals surface area contributed by atoms with Gasteiger partial charge in [-0.25, -0.2) is 22.3 Å². The van der Waals surface area contributed by atoms with Crippen molar-refractivity contribution in [2.75, 3.05) is 12.4 Å². The molecule has 0 saturated carbocycles. The summed E-state index contributed by atoms with van der Waals surface area (Å²) in [5.74, 6) is -2.22. The quantitative estimate of drug-likeness (QED) is 0.873. The number of rotatable bonds is 4. The molecule has 1 aromatic carbocycles. The van der Waals surface area contributed by atoms with Crippen molar-refractivity contribution in [3.05, 3.63) is 29.6 Å². The van der Waals surface area contributed by atoms with Crippen molar-refractivity contribution in [2.24, 2.45) is 5.41 Å². The van der Waals surface area contributed by atoms with Crippen molar-refractivity contribution in [1.29, 1.82) is 0 Å². The summed E-state index contributed by atoms with van der Waals surface area (Å²) in [6.07, 6.45) is 0. The Morgan fingerprint density at radius 2 is 2.12 bits per heavy atom. The minimum atomic E-state index is -3.57. The number of halogens is 1. The monoisotopic (exact) mass is 382 g/mol. The third-order valence-corrected chi connectivity index (χ3v) is 5.96. The Morgan fingerprint density at radius 1 is 1.42 bits per heavy atom. The Balaban J connectivity index is 2.16. The molecule has 0 aliphatic carbocycles. The molecule has 1 aromatic heterocycles. The zero-order valence-corrected chi connectivity index (χ0v) is 15.4. The molecular formula is C17H19FN2O5S. The van der Waals surface area contributed by atoms with E-state index in [4.69, 9.17) is 4.74 Å². The highest BCUT2D eigenvalue weighted by Gasteiger charge is 2.35. The zero-order chi connectivity index (χ0) is 19.3. The Bertz CT molecular complexity index is 995. The van der Waals surface area contributed by atoms with Crippen molar-refractivity contribution in [1.82, 2.24) is 9.78 Å². The van der Waals surface area contributed by atoms with E-state index < -0.39 is 21.6 Å². The van der Waals surface area contributed by atoms with Gasteiger partial charge in [-0.2, -0.15) is 5.10 Å². The fourth-order valence-electron chi connectivity index (χ4n) is 2.84. The average Bonchev–Trinajstić information content (AvgIpc) is 2.91. The minimum Gasteiger partial charge on any atom is -0.477 e. The number of benzene rings is 1. The summed E-state index contributed by atoms with van der Waals surface area (Å²) in [5.41, 5.74) is -0.640. The first kappa shape index (κ1) is 18.4. The van der Waals surface area contributed by atoms with E-state index in [9.17, 15) is 22.7 Å². The lowest BCUT2D eigenvalue weighted by molar-refractivity contribution is 0.0669. The van der Waals surface area contributed by atoms with Crippen LogP contribution in [-0.4, -0.2) is 41.6 Å². The van der Waals surface area contributed by atoms with Crippen LogP contribution in [0.25, 0.3) is 11.3 Å². The largest absolute Gasteiger partial charge is 0.477 e. The maximum atomic E-state index is 14.6. The first-order valence-corrected chi connectivity index (χ1v) is 9.70. The van der Waals surface area contributed by atoms with Gasteiger partial charge in [0.15, 0.2) is 9.84 Å². The molecule has 0 atom stereocenters. The SMILES string of the molecule is CCS(=O)(=O)c1ccc(-c2nn3c(c2C(=O)O)OCC(C)(C)C3)c(F)c1. The second-order valence-electron chi connectivity index (χ2n) is 6.99. The van der Waals surface area contributed by atoms with Crippen LogP contribution < -0.4 is 4.74 Å². The van der Waals surface area contributed by atoms with E-state index >= 15 is 0 Å². The Morgan fingerprint density at radius 3 is 2.69 bits per heavy atom. The average molecular weight is 382 g/mol. The van der Waals surface area contributed by atoms with Gasteiger partial charge < -0.3 is 9.84 Å². The number of ether oxygens (including phenoxy) is 1. The molecule has 1 aliphatic heterocycles. The normalized spacial score (nSPS) is 16.0. The molecule has 0 unspecified atom stereocenters. The summed E-state index contributed by atoms with van der Waals surface area (Å²) < 4.78 is 45.4. The molecule has 9 heteroatoms. The highest BCUT2D eigenvalue weighted by Crippen LogP contribution is 2.37. The van der Waals surface area contributed by atoms with Crippen molar-refractivity contribution in [3.63, 3.8) is 0 Å². The Labute approximate surface area is 150 Å². The van der Waals surface area contributed by atoms with Gasteiger partial charge in [0.2, 0.25) is 5.88 Å². The summed E-state index contributed by atoms with van der Waals surface area (Å²) in [5, 5.41) is 13.8. The number of carboxylic acid groups (broad SMARTS) is 1. The molecule has 140 valence electrons. The molecular weight excluding hydrogens is 363 g/mol. The second kappa shape index (κ2) is 6.08. The van der Waals surface area contributed by atoms with Crippen LogP contribution in [0.3, 0.4) is 0 Å². The van der Waals surface area contributed by atoms with Crippen molar-refractivity contribution in [2.45, 2.75) is 32.2 Å². The fourth-order valence-corrected chi connectivity index (χ4v) is 3.74. The van der Waals surface area contributed by atoms with Crippen molar-refractivity contribution >= 4 is 15.8 Å². The highest BCUT2D eigenvalue weighted by atomic mass is 32.2. The molecule has 1 aliphatic rings. The van der Waals surface area contributed by atoms with Gasteiger partial charge in [0.05, 0.1) is 23.8 Å². The molecule has 7 nitrogen and oxygen atoms in total. The second-order valence-corrected chi connectivity index (χ2v) is 9.27. The molecule has 3 rings (SSSR count). The number of aromatic nitrogens is 2. The van der Waals surface area contributed by atoms with Crippen LogP contribution in [0.1, 0.15) is 31.1 Å². The first-order valence-electron chi connectivity index (χ1n) is 8.05. The van der Waals surface area contributed by atoms with Crippen molar-refractivity contribution in [3.8, 4) is 17.1 Å². The molecule has 0 saturated heterocycles. The summed E-state index contributed by atoms with van der Waals surface area (Å²) in [6.45, 7) is 6.10. The predicted molar refractivity (Wildman–Crippen MR) is 91.6 cm³/mol. The van der Waals surface area contributed by atoms with Crippen LogP contribution in [0.15, 0.2) is 23.1 Å². The maximum absolute atomic E-state index is 14.6. The summed E-state index contributed by atoms with van der Waals surface area (Å²) >= 11 is 0. The van der Waals surface area contributed by atoms with E-state index in [-0.39, 0.29) is 38.8 Å². The number of hydrogen-bond acceptors (Lipinski definition) is 5. The maximum Gasteiger partial charge on any atom is 0.343 e. The van der Waals surface area contributed by atoms with Gasteiger partial charge in [-0.3, -0.25) is 0 Å². The smallest absolute Gasteiger partial charge is 0.343 e. The zero-order valence-electron chi connectivity index (χ0n) is 14.6. The van der Waals surface area contributed by atoms with Crippen LogP contribution in [0.2, 0.25) is 0 Å². The van der Waals surface area contributed by atoms with Gasteiger partial charge in [-0.1, -0.05) is 20.8 Å². The van der Waals surface area contributed by atoms with E-state index in [1.165, 1.54) is 23.7 Å². The molecule has 1 N–H and O–H groups in total. The minimum absolute atomic E-state index is 0.0801. The van der Waals surface area contributed by atoms with Gasteiger partial charge in [0.1, 0.15) is 17.1 Å². The lowest BCUT2D eigenvalue weighted by Gasteiger charge is -2.30. The molecule has 0 amide bonds. The molecule has 0 fully saturated rings. The number of carboxylic acids is 1. The fraction of sp³-hybridized carbons (Fsp3) is 0.412. The number of carbonyl (C=O) groups is 1. The van der Waals surface area contributed by atoms with Crippen LogP contribution in [0.5, 0.6) is 5.88 Å². The van der Waals surface area contributed by atoms with Gasteiger partial charge in [-0.05, 0) is 18.2 Å². The van der Waals surface area contributed by atoms with Crippen LogP contribution in [-0.2, 0) is 16.4 Å². The summed E-state index contributed by atoms with van der Waals surface area (Å²) in [4.78, 5) is 11.6. The van der Waals surface area contributed by atoms with Gasteiger partial charge in [-0.15, -0.1) is 0 Å². The number of nitrogens with zero attached hydrogens (tertiary/aromatic N) is 2. The highest BCUT2D eigenvalue weighted by molar-refractivity contribution is 7.91. The van der Waals surface area contributed by atoms with Gasteiger partial charge in [0, 0.05) is 11.0 Å². The summed E-state index contributed by atoms with van der Waals surface area (Å²) in [7, 11) is -3.57. The number of aromatic carboxylic acids is 1. The van der Waals surface area contributed by atoms with Crippen molar-refractivity contribution < 1.29 is 27.4 Å². The molecule has 2 heterocycles. The van der Waals surface area contributed by atoms with Gasteiger partial charge in [0.25, 0.3) is 0 Å². The lowest BCUT2D eigenvalue weighted by Crippen LogP contribution is -2.33. The number of hydrogen-bond donors (Lipinski definition) is 1. The molecule has 2 aromatic rings.